The number of imide groups is 1. The van der Waals surface area contributed by atoms with Crippen LogP contribution in [0.25, 0.3) is 10.9 Å². The predicted molar refractivity (Wildman–Crippen MR) is 86.6 cm³/mol. The first-order valence-electron chi connectivity index (χ1n) is 7.33. The number of nitrogens with one attached hydrogen (secondary N) is 1. The molecule has 1 heterocycles. The molecule has 1 aromatic carbocycles. The van der Waals surface area contributed by atoms with E-state index in [0.29, 0.717) is 17.9 Å². The summed E-state index contributed by atoms with van der Waals surface area (Å²) in [5, 5.41) is 0.863. The molecule has 2 amide bonds. The first-order valence-corrected chi connectivity index (χ1v) is 7.33. The predicted octanol–water partition coefficient (Wildman–Crippen LogP) is 2.32. The number of ketones is 1. The van der Waals surface area contributed by atoms with Gasteiger partial charge in [-0.2, -0.15) is 0 Å². The number of aromatic amines is 1. The molecule has 0 unspecified atom stereocenters. The third-order valence-electron chi connectivity index (χ3n) is 3.81. The Balaban J connectivity index is 2.44. The number of carbonyl (C=O) groups excluding carboxylic acids is 3. The van der Waals surface area contributed by atoms with Crippen molar-refractivity contribution in [2.75, 3.05) is 13.7 Å². The van der Waals surface area contributed by atoms with E-state index in [1.807, 2.05) is 18.2 Å². The first kappa shape index (κ1) is 16.7. The fourth-order valence-electron chi connectivity index (χ4n) is 2.67. The number of methoxy groups -OCH3 is 1. The van der Waals surface area contributed by atoms with Crippen LogP contribution in [-0.2, 0) is 16.0 Å². The third-order valence-corrected chi connectivity index (χ3v) is 3.81. The van der Waals surface area contributed by atoms with Crippen LogP contribution in [0.4, 0.5) is 0 Å². The van der Waals surface area contributed by atoms with Gasteiger partial charge >= 0.3 is 0 Å². The van der Waals surface area contributed by atoms with Crippen molar-refractivity contribution >= 4 is 28.5 Å². The van der Waals surface area contributed by atoms with Crippen molar-refractivity contribution in [1.29, 1.82) is 0 Å². The van der Waals surface area contributed by atoms with Crippen molar-refractivity contribution in [1.82, 2.24) is 9.88 Å². The van der Waals surface area contributed by atoms with Crippen molar-refractivity contribution in [2.24, 2.45) is 0 Å². The van der Waals surface area contributed by atoms with Crippen LogP contribution in [0.2, 0.25) is 0 Å². The van der Waals surface area contributed by atoms with Gasteiger partial charge in [-0.15, -0.1) is 0 Å². The number of benzene rings is 1. The maximum Gasteiger partial charge on any atom is 0.226 e. The molecule has 0 aliphatic rings. The average molecular weight is 316 g/mol. The van der Waals surface area contributed by atoms with E-state index < -0.39 is 0 Å². The fourth-order valence-corrected chi connectivity index (χ4v) is 2.67. The zero-order chi connectivity index (χ0) is 17.1. The number of ether oxygens (including phenoxy) is 1. The second-order valence-electron chi connectivity index (χ2n) is 5.39. The molecule has 6 heteroatoms. The summed E-state index contributed by atoms with van der Waals surface area (Å²) in [6.45, 7) is 4.42. The summed E-state index contributed by atoms with van der Waals surface area (Å²) in [5.41, 5.74) is 2.11. The Bertz CT molecular complexity index is 762. The van der Waals surface area contributed by atoms with E-state index >= 15 is 0 Å². The highest BCUT2D eigenvalue weighted by Gasteiger charge is 2.19. The molecule has 0 fully saturated rings. The molecule has 0 aliphatic heterocycles. The van der Waals surface area contributed by atoms with Crippen LogP contribution in [0.5, 0.6) is 5.75 Å². The lowest BCUT2D eigenvalue weighted by molar-refractivity contribution is -0.141. The molecule has 1 N–H and O–H groups in total. The number of aromatic nitrogens is 1. The SMILES string of the molecule is COc1ccc2[nH]c(C(C)=O)c(CCN(C(C)=O)C(C)=O)c2c1. The number of H-pyrrole nitrogens is 1. The monoisotopic (exact) mass is 316 g/mol. The molecule has 0 saturated heterocycles. The summed E-state index contributed by atoms with van der Waals surface area (Å²) < 4.78 is 5.23. The van der Waals surface area contributed by atoms with E-state index in [-0.39, 0.29) is 24.1 Å². The van der Waals surface area contributed by atoms with Crippen LogP contribution in [0.15, 0.2) is 18.2 Å². The van der Waals surface area contributed by atoms with E-state index in [9.17, 15) is 14.4 Å². The summed E-state index contributed by atoms with van der Waals surface area (Å²) in [5.74, 6) is -0.0196. The average Bonchev–Trinajstić information content (AvgIpc) is 2.85. The van der Waals surface area contributed by atoms with Gasteiger partial charge in [0.1, 0.15) is 5.75 Å². The van der Waals surface area contributed by atoms with Gasteiger partial charge in [-0.1, -0.05) is 0 Å². The van der Waals surface area contributed by atoms with Crippen molar-refractivity contribution in [3.63, 3.8) is 0 Å². The van der Waals surface area contributed by atoms with Gasteiger partial charge in [0.2, 0.25) is 11.8 Å². The number of nitrogens with zero attached hydrogens (tertiary/aromatic N) is 1. The molecule has 0 saturated carbocycles. The second-order valence-corrected chi connectivity index (χ2v) is 5.39. The Morgan fingerprint density at radius 2 is 1.78 bits per heavy atom. The third kappa shape index (κ3) is 3.41. The number of hydrogen-bond donors (Lipinski definition) is 1. The Morgan fingerprint density at radius 3 is 2.30 bits per heavy atom. The van der Waals surface area contributed by atoms with Crippen molar-refractivity contribution in [3.8, 4) is 5.75 Å². The van der Waals surface area contributed by atoms with Gasteiger partial charge in [0.25, 0.3) is 0 Å². The summed E-state index contributed by atoms with van der Waals surface area (Å²) in [4.78, 5) is 39.2. The summed E-state index contributed by atoms with van der Waals surface area (Å²) in [6, 6.07) is 5.50. The fraction of sp³-hybridized carbons (Fsp3) is 0.353. The van der Waals surface area contributed by atoms with Gasteiger partial charge in [0.15, 0.2) is 5.78 Å². The summed E-state index contributed by atoms with van der Waals surface area (Å²) in [7, 11) is 1.58. The van der Waals surface area contributed by atoms with E-state index in [4.69, 9.17) is 4.74 Å². The van der Waals surface area contributed by atoms with Crippen molar-refractivity contribution in [2.45, 2.75) is 27.2 Å². The number of Topliss-reactive ketones (excluding diaryl/α,β-unsaturated/α-hetero) is 1. The van der Waals surface area contributed by atoms with E-state index in [0.717, 1.165) is 16.5 Å². The van der Waals surface area contributed by atoms with Gasteiger partial charge in [-0.3, -0.25) is 19.3 Å². The van der Waals surface area contributed by atoms with Gasteiger partial charge in [-0.25, -0.2) is 0 Å². The Hall–Kier alpha value is -2.63. The topological polar surface area (TPSA) is 79.5 Å². The second kappa shape index (κ2) is 6.64. The van der Waals surface area contributed by atoms with E-state index in [2.05, 4.69) is 4.98 Å². The van der Waals surface area contributed by atoms with Crippen molar-refractivity contribution < 1.29 is 19.1 Å². The number of carbonyl (C=O) groups is 3. The lowest BCUT2D eigenvalue weighted by atomic mass is 10.0. The number of hydrogen-bond acceptors (Lipinski definition) is 4. The van der Waals surface area contributed by atoms with Crippen LogP contribution in [-0.4, -0.2) is 41.1 Å². The molecule has 122 valence electrons. The van der Waals surface area contributed by atoms with Gasteiger partial charge in [0.05, 0.1) is 12.8 Å². The molecule has 2 aromatic rings. The molecule has 2 rings (SSSR count). The lowest BCUT2D eigenvalue weighted by Crippen LogP contribution is -2.35. The molecule has 23 heavy (non-hydrogen) atoms. The molecule has 0 radical (unpaired) electrons. The maximum absolute atomic E-state index is 11.9. The molecule has 0 bridgehead atoms. The number of rotatable bonds is 5. The van der Waals surface area contributed by atoms with Crippen LogP contribution in [0.1, 0.15) is 36.8 Å². The van der Waals surface area contributed by atoms with Crippen LogP contribution in [0, 0.1) is 0 Å². The largest absolute Gasteiger partial charge is 0.497 e. The first-order chi connectivity index (χ1) is 10.8. The summed E-state index contributed by atoms with van der Waals surface area (Å²) >= 11 is 0. The minimum absolute atomic E-state index is 0.0904. The highest BCUT2D eigenvalue weighted by molar-refractivity contribution is 6.01. The zero-order valence-corrected chi connectivity index (χ0v) is 13.7. The quantitative estimate of drug-likeness (QED) is 0.859. The smallest absolute Gasteiger partial charge is 0.226 e. The molecule has 0 atom stereocenters. The molecule has 0 aliphatic carbocycles. The van der Waals surface area contributed by atoms with Gasteiger partial charge < -0.3 is 9.72 Å². The van der Waals surface area contributed by atoms with Crippen LogP contribution < -0.4 is 4.74 Å². The maximum atomic E-state index is 11.9. The minimum atomic E-state index is -0.306. The van der Waals surface area contributed by atoms with Crippen LogP contribution >= 0.6 is 0 Å². The number of fused-ring (bicyclic) bond motifs is 1. The van der Waals surface area contributed by atoms with Gasteiger partial charge in [-0.05, 0) is 30.2 Å². The Kier molecular flexibility index (Phi) is 4.83. The highest BCUT2D eigenvalue weighted by atomic mass is 16.5. The Morgan fingerprint density at radius 1 is 1.13 bits per heavy atom. The minimum Gasteiger partial charge on any atom is -0.497 e. The molecule has 1 aromatic heterocycles. The Labute approximate surface area is 134 Å². The molecule has 6 nitrogen and oxygen atoms in total. The standard InChI is InChI=1S/C17H20N2O4/c1-10(20)17-14(7-8-19(11(2)21)12(3)22)15-9-13(23-4)5-6-16(15)18-17/h5-6,9,18H,7-8H2,1-4H3. The van der Waals surface area contributed by atoms with Crippen LogP contribution in [0.3, 0.4) is 0 Å². The molecular formula is C17H20N2O4. The normalized spacial score (nSPS) is 10.6. The highest BCUT2D eigenvalue weighted by Crippen LogP contribution is 2.27. The summed E-state index contributed by atoms with van der Waals surface area (Å²) in [6.07, 6.45) is 0.404. The zero-order valence-electron chi connectivity index (χ0n) is 13.7. The lowest BCUT2D eigenvalue weighted by Gasteiger charge is -2.17. The van der Waals surface area contributed by atoms with E-state index in [1.165, 1.54) is 25.7 Å². The molecule has 0 spiro atoms. The van der Waals surface area contributed by atoms with Crippen molar-refractivity contribution in [3.05, 3.63) is 29.5 Å². The molecular weight excluding hydrogens is 296 g/mol. The van der Waals surface area contributed by atoms with Gasteiger partial charge in [0, 0.05) is 38.2 Å². The number of amides is 2. The van der Waals surface area contributed by atoms with E-state index in [1.54, 1.807) is 7.11 Å².